The molecule has 0 aliphatic carbocycles. The van der Waals surface area contributed by atoms with Gasteiger partial charge in [0.05, 0.1) is 11.1 Å². The van der Waals surface area contributed by atoms with E-state index in [1.807, 2.05) is 11.3 Å². The molecule has 1 aromatic heterocycles. The van der Waals surface area contributed by atoms with Crippen LogP contribution in [0, 0.1) is 0 Å². The standard InChI is InChI=1S/C19H33N5OS.HI/c1-2-20-19(21-8-4-9-22-10-6-17(25)7-11-22)24-14-12-23(13-15-24)18-5-3-16-26-18;/h3,5,16-17,25H,2,4,6-15H2,1H3,(H,20,21);1H. The molecule has 0 atom stereocenters. The number of nitrogens with one attached hydrogen (secondary N) is 1. The molecule has 0 spiro atoms. The molecule has 0 unspecified atom stereocenters. The maximum Gasteiger partial charge on any atom is 0.194 e. The van der Waals surface area contributed by atoms with Gasteiger partial charge in [-0.25, -0.2) is 0 Å². The first-order chi connectivity index (χ1) is 12.8. The van der Waals surface area contributed by atoms with E-state index in [2.05, 4.69) is 44.5 Å². The lowest BCUT2D eigenvalue weighted by molar-refractivity contribution is 0.0824. The van der Waals surface area contributed by atoms with Gasteiger partial charge in [-0.1, -0.05) is 0 Å². The van der Waals surface area contributed by atoms with Crippen LogP contribution in [-0.2, 0) is 0 Å². The third-order valence-electron chi connectivity index (χ3n) is 5.18. The first-order valence-electron chi connectivity index (χ1n) is 9.98. The number of aliphatic hydroxyl groups is 1. The van der Waals surface area contributed by atoms with Gasteiger partial charge in [-0.2, -0.15) is 0 Å². The molecule has 0 aromatic carbocycles. The Morgan fingerprint density at radius 3 is 2.59 bits per heavy atom. The third-order valence-corrected chi connectivity index (χ3v) is 6.11. The average molecular weight is 507 g/mol. The first-order valence-corrected chi connectivity index (χ1v) is 10.9. The second-order valence-electron chi connectivity index (χ2n) is 7.09. The van der Waals surface area contributed by atoms with Crippen molar-refractivity contribution in [1.29, 1.82) is 0 Å². The van der Waals surface area contributed by atoms with E-state index >= 15 is 0 Å². The largest absolute Gasteiger partial charge is 0.393 e. The number of aliphatic hydroxyl groups excluding tert-OH is 1. The topological polar surface area (TPSA) is 54.3 Å². The Morgan fingerprint density at radius 2 is 1.96 bits per heavy atom. The van der Waals surface area contributed by atoms with Crippen LogP contribution in [0.3, 0.4) is 0 Å². The molecular weight excluding hydrogens is 473 g/mol. The summed E-state index contributed by atoms with van der Waals surface area (Å²) in [5.41, 5.74) is 0. The van der Waals surface area contributed by atoms with E-state index in [0.29, 0.717) is 0 Å². The highest BCUT2D eigenvalue weighted by Crippen LogP contribution is 2.22. The van der Waals surface area contributed by atoms with E-state index in [1.165, 1.54) is 5.00 Å². The summed E-state index contributed by atoms with van der Waals surface area (Å²) in [6.07, 6.45) is 2.83. The van der Waals surface area contributed by atoms with Crippen molar-refractivity contribution < 1.29 is 5.11 Å². The summed E-state index contributed by atoms with van der Waals surface area (Å²) >= 11 is 1.82. The fourth-order valence-corrected chi connectivity index (χ4v) is 4.42. The Morgan fingerprint density at radius 1 is 1.22 bits per heavy atom. The Balaban J connectivity index is 0.00000261. The van der Waals surface area contributed by atoms with Crippen LogP contribution in [-0.4, -0.2) is 85.9 Å². The predicted molar refractivity (Wildman–Crippen MR) is 126 cm³/mol. The van der Waals surface area contributed by atoms with Gasteiger partial charge in [0, 0.05) is 52.4 Å². The monoisotopic (exact) mass is 507 g/mol. The SMILES string of the molecule is CCNC(=NCCCN1CCC(O)CC1)N1CCN(c2cccs2)CC1.I. The minimum Gasteiger partial charge on any atom is -0.393 e. The molecule has 154 valence electrons. The second kappa shape index (κ2) is 12.1. The zero-order chi connectivity index (χ0) is 18.2. The Bertz CT molecular complexity index is 540. The summed E-state index contributed by atoms with van der Waals surface area (Å²) in [6, 6.07) is 4.33. The molecule has 2 fully saturated rings. The van der Waals surface area contributed by atoms with Gasteiger partial charge in [-0.15, -0.1) is 35.3 Å². The van der Waals surface area contributed by atoms with Crippen LogP contribution in [0.2, 0.25) is 0 Å². The Kier molecular flexibility index (Phi) is 10.2. The van der Waals surface area contributed by atoms with Crippen LogP contribution < -0.4 is 10.2 Å². The molecule has 0 radical (unpaired) electrons. The minimum atomic E-state index is -0.0857. The number of piperazine rings is 1. The van der Waals surface area contributed by atoms with E-state index < -0.39 is 0 Å². The lowest BCUT2D eigenvalue weighted by Crippen LogP contribution is -2.52. The zero-order valence-corrected chi connectivity index (χ0v) is 19.5. The molecule has 8 heteroatoms. The first kappa shape index (κ1) is 22.7. The van der Waals surface area contributed by atoms with Crippen molar-refractivity contribution in [3.05, 3.63) is 17.5 Å². The zero-order valence-electron chi connectivity index (χ0n) is 16.3. The fraction of sp³-hybridized carbons (Fsp3) is 0.737. The van der Waals surface area contributed by atoms with E-state index in [0.717, 1.165) is 84.1 Å². The second-order valence-corrected chi connectivity index (χ2v) is 8.01. The van der Waals surface area contributed by atoms with Gasteiger partial charge in [-0.05, 0) is 50.2 Å². The molecule has 2 aliphatic rings. The molecule has 27 heavy (non-hydrogen) atoms. The molecule has 0 saturated carbocycles. The maximum atomic E-state index is 9.59. The van der Waals surface area contributed by atoms with Crippen LogP contribution in [0.5, 0.6) is 0 Å². The molecule has 6 nitrogen and oxygen atoms in total. The van der Waals surface area contributed by atoms with Gasteiger partial charge in [0.15, 0.2) is 5.96 Å². The average Bonchev–Trinajstić information content (AvgIpc) is 3.21. The lowest BCUT2D eigenvalue weighted by Gasteiger charge is -2.37. The highest BCUT2D eigenvalue weighted by Gasteiger charge is 2.20. The van der Waals surface area contributed by atoms with E-state index in [4.69, 9.17) is 4.99 Å². The van der Waals surface area contributed by atoms with Crippen molar-refractivity contribution in [2.24, 2.45) is 4.99 Å². The molecule has 0 bridgehead atoms. The van der Waals surface area contributed by atoms with Crippen LogP contribution in [0.1, 0.15) is 26.2 Å². The van der Waals surface area contributed by atoms with E-state index in [9.17, 15) is 5.11 Å². The summed E-state index contributed by atoms with van der Waals surface area (Å²) in [5, 5.41) is 16.6. The van der Waals surface area contributed by atoms with Crippen LogP contribution in [0.15, 0.2) is 22.5 Å². The van der Waals surface area contributed by atoms with Gasteiger partial charge in [0.1, 0.15) is 0 Å². The number of nitrogens with zero attached hydrogens (tertiary/aromatic N) is 4. The van der Waals surface area contributed by atoms with Crippen molar-refractivity contribution >= 4 is 46.3 Å². The number of hydrogen-bond acceptors (Lipinski definition) is 5. The lowest BCUT2D eigenvalue weighted by atomic mass is 10.1. The number of piperidine rings is 1. The molecule has 2 N–H and O–H groups in total. The number of hydrogen-bond donors (Lipinski definition) is 2. The number of aliphatic imine (C=N–C) groups is 1. The van der Waals surface area contributed by atoms with Crippen molar-refractivity contribution in [3.8, 4) is 0 Å². The maximum absolute atomic E-state index is 9.59. The van der Waals surface area contributed by atoms with E-state index in [-0.39, 0.29) is 30.1 Å². The Labute approximate surface area is 184 Å². The number of halogens is 1. The normalized spacial score (nSPS) is 19.9. The van der Waals surface area contributed by atoms with Crippen LogP contribution in [0.25, 0.3) is 0 Å². The summed E-state index contributed by atoms with van der Waals surface area (Å²) in [5.74, 6) is 1.06. The van der Waals surface area contributed by atoms with Crippen molar-refractivity contribution in [2.75, 3.05) is 63.8 Å². The number of thiophene rings is 1. The number of likely N-dealkylation sites (tertiary alicyclic amines) is 1. The minimum absolute atomic E-state index is 0. The van der Waals surface area contributed by atoms with Gasteiger partial charge in [0.2, 0.25) is 0 Å². The number of rotatable bonds is 6. The van der Waals surface area contributed by atoms with Crippen molar-refractivity contribution in [3.63, 3.8) is 0 Å². The van der Waals surface area contributed by atoms with Crippen LogP contribution in [0.4, 0.5) is 5.00 Å². The fourth-order valence-electron chi connectivity index (χ4n) is 3.64. The molecule has 3 heterocycles. The van der Waals surface area contributed by atoms with Gasteiger partial charge >= 0.3 is 0 Å². The van der Waals surface area contributed by atoms with Crippen LogP contribution >= 0.6 is 35.3 Å². The molecule has 2 saturated heterocycles. The van der Waals surface area contributed by atoms with Gasteiger partial charge in [-0.3, -0.25) is 4.99 Å². The van der Waals surface area contributed by atoms with Crippen molar-refractivity contribution in [2.45, 2.75) is 32.3 Å². The highest BCUT2D eigenvalue weighted by atomic mass is 127. The molecule has 0 amide bonds. The summed E-state index contributed by atoms with van der Waals surface area (Å²) < 4.78 is 0. The van der Waals surface area contributed by atoms with Gasteiger partial charge in [0.25, 0.3) is 0 Å². The van der Waals surface area contributed by atoms with E-state index in [1.54, 1.807) is 0 Å². The summed E-state index contributed by atoms with van der Waals surface area (Å²) in [7, 11) is 0. The Hall–Kier alpha value is -0.580. The number of anilines is 1. The molecule has 3 rings (SSSR count). The molecular formula is C19H34IN5OS. The van der Waals surface area contributed by atoms with Crippen molar-refractivity contribution in [1.82, 2.24) is 15.1 Å². The molecule has 2 aliphatic heterocycles. The summed E-state index contributed by atoms with van der Waals surface area (Å²) in [6.45, 7) is 11.2. The molecule has 1 aromatic rings. The smallest absolute Gasteiger partial charge is 0.194 e. The van der Waals surface area contributed by atoms with Gasteiger partial charge < -0.3 is 25.1 Å². The number of guanidine groups is 1. The summed E-state index contributed by atoms with van der Waals surface area (Å²) in [4.78, 5) is 12.2. The quantitative estimate of drug-likeness (QED) is 0.268. The third kappa shape index (κ3) is 7.07. The predicted octanol–water partition coefficient (Wildman–Crippen LogP) is 2.30. The highest BCUT2D eigenvalue weighted by molar-refractivity contribution is 14.0.